The van der Waals surface area contributed by atoms with Gasteiger partial charge in [-0.25, -0.2) is 9.59 Å². The van der Waals surface area contributed by atoms with Crippen molar-refractivity contribution >= 4 is 12.1 Å². The van der Waals surface area contributed by atoms with Gasteiger partial charge in [0.05, 0.1) is 6.04 Å². The third kappa shape index (κ3) is 2.18. The SMILES string of the molecule is CN[C@@H]1CC2(C(=O)O)CCC1N2C(=O)OC(C)(C)C. The van der Waals surface area contributed by atoms with Crippen LogP contribution in [0.4, 0.5) is 4.79 Å². The number of carbonyl (C=O) groups is 2. The number of carboxylic acid groups (broad SMARTS) is 1. The van der Waals surface area contributed by atoms with Gasteiger partial charge in [0, 0.05) is 6.04 Å². The second kappa shape index (κ2) is 4.37. The summed E-state index contributed by atoms with van der Waals surface area (Å²) < 4.78 is 5.37. The van der Waals surface area contributed by atoms with Crippen molar-refractivity contribution in [2.45, 2.75) is 63.3 Å². The van der Waals surface area contributed by atoms with Gasteiger partial charge in [-0.15, -0.1) is 0 Å². The summed E-state index contributed by atoms with van der Waals surface area (Å²) in [6.07, 6.45) is 1.14. The van der Waals surface area contributed by atoms with Crippen LogP contribution in [0.1, 0.15) is 40.0 Å². The Balaban J connectivity index is 2.28. The molecule has 108 valence electrons. The number of rotatable bonds is 2. The molecule has 0 aromatic carbocycles. The van der Waals surface area contributed by atoms with E-state index in [-0.39, 0.29) is 12.1 Å². The van der Waals surface area contributed by atoms with Crippen molar-refractivity contribution in [3.63, 3.8) is 0 Å². The fraction of sp³-hybridized carbons (Fsp3) is 0.846. The number of nitrogens with one attached hydrogen (secondary N) is 1. The van der Waals surface area contributed by atoms with Gasteiger partial charge in [0.25, 0.3) is 0 Å². The van der Waals surface area contributed by atoms with Crippen molar-refractivity contribution in [3.05, 3.63) is 0 Å². The van der Waals surface area contributed by atoms with E-state index >= 15 is 0 Å². The molecule has 2 saturated heterocycles. The highest BCUT2D eigenvalue weighted by Crippen LogP contribution is 2.47. The molecule has 2 fully saturated rings. The van der Waals surface area contributed by atoms with E-state index in [1.807, 2.05) is 0 Å². The van der Waals surface area contributed by atoms with E-state index in [1.54, 1.807) is 27.8 Å². The predicted molar refractivity (Wildman–Crippen MR) is 68.9 cm³/mol. The summed E-state index contributed by atoms with van der Waals surface area (Å²) in [5.41, 5.74) is -1.71. The molecule has 2 unspecified atom stereocenters. The van der Waals surface area contributed by atoms with Gasteiger partial charge in [0.15, 0.2) is 0 Å². The predicted octanol–water partition coefficient (Wildman–Crippen LogP) is 1.20. The average Bonchev–Trinajstić information content (AvgIpc) is 2.79. The standard InChI is InChI=1S/C13H22N2O4/c1-12(2,3)19-11(18)15-9-5-6-13(15,10(16)17)7-8(9)14-4/h8-9,14H,5-7H2,1-4H3,(H,16,17)/t8-,9?,13?/m1/s1. The number of amides is 1. The van der Waals surface area contributed by atoms with Crippen LogP contribution in [-0.4, -0.2) is 52.3 Å². The number of hydrogen-bond donors (Lipinski definition) is 2. The fourth-order valence-electron chi connectivity index (χ4n) is 3.25. The topological polar surface area (TPSA) is 78.9 Å². The molecule has 2 rings (SSSR count). The zero-order valence-corrected chi connectivity index (χ0v) is 11.9. The minimum atomic E-state index is -1.10. The van der Waals surface area contributed by atoms with Gasteiger partial charge in [-0.3, -0.25) is 4.90 Å². The van der Waals surface area contributed by atoms with Gasteiger partial charge in [-0.05, 0) is 47.1 Å². The lowest BCUT2D eigenvalue weighted by Crippen LogP contribution is -2.52. The highest BCUT2D eigenvalue weighted by Gasteiger charge is 2.63. The summed E-state index contributed by atoms with van der Waals surface area (Å²) in [7, 11) is 1.80. The summed E-state index contributed by atoms with van der Waals surface area (Å²) in [5.74, 6) is -0.932. The zero-order chi connectivity index (χ0) is 14.4. The minimum absolute atomic E-state index is 0.0253. The van der Waals surface area contributed by atoms with Gasteiger partial charge in [0.2, 0.25) is 0 Å². The van der Waals surface area contributed by atoms with Gasteiger partial charge in [0.1, 0.15) is 11.1 Å². The molecule has 3 atom stereocenters. The third-order valence-corrected chi connectivity index (χ3v) is 4.03. The van der Waals surface area contributed by atoms with E-state index < -0.39 is 23.2 Å². The smallest absolute Gasteiger partial charge is 0.411 e. The Morgan fingerprint density at radius 1 is 1.42 bits per heavy atom. The van der Waals surface area contributed by atoms with E-state index in [0.29, 0.717) is 19.3 Å². The maximum atomic E-state index is 12.3. The average molecular weight is 270 g/mol. The van der Waals surface area contributed by atoms with Gasteiger partial charge < -0.3 is 15.2 Å². The molecule has 2 N–H and O–H groups in total. The largest absolute Gasteiger partial charge is 0.479 e. The van der Waals surface area contributed by atoms with E-state index in [9.17, 15) is 14.7 Å². The second-order valence-electron chi connectivity index (χ2n) is 6.39. The molecular formula is C13H22N2O4. The lowest BCUT2D eigenvalue weighted by atomic mass is 9.85. The van der Waals surface area contributed by atoms with Crippen LogP contribution in [0.25, 0.3) is 0 Å². The summed E-state index contributed by atoms with van der Waals surface area (Å²) >= 11 is 0. The van der Waals surface area contributed by atoms with Crippen molar-refractivity contribution < 1.29 is 19.4 Å². The molecule has 2 aliphatic rings. The molecule has 19 heavy (non-hydrogen) atoms. The first-order valence-electron chi connectivity index (χ1n) is 6.64. The first-order chi connectivity index (χ1) is 8.71. The molecule has 2 aliphatic heterocycles. The van der Waals surface area contributed by atoms with Crippen LogP contribution in [0.5, 0.6) is 0 Å². The van der Waals surface area contributed by atoms with Crippen LogP contribution < -0.4 is 5.32 Å². The lowest BCUT2D eigenvalue weighted by molar-refractivity contribution is -0.148. The highest BCUT2D eigenvalue weighted by atomic mass is 16.6. The second-order valence-corrected chi connectivity index (χ2v) is 6.39. The Labute approximate surface area is 113 Å². The molecule has 0 aromatic heterocycles. The van der Waals surface area contributed by atoms with Gasteiger partial charge >= 0.3 is 12.1 Å². The maximum Gasteiger partial charge on any atom is 0.411 e. The summed E-state index contributed by atoms with van der Waals surface area (Å²) in [4.78, 5) is 25.4. The molecule has 2 heterocycles. The number of carboxylic acids is 1. The number of likely N-dealkylation sites (N-methyl/N-ethyl adjacent to an activating group) is 1. The monoisotopic (exact) mass is 270 g/mol. The molecule has 6 heteroatoms. The normalized spacial score (nSPS) is 33.6. The number of fused-ring (bicyclic) bond motifs is 2. The summed E-state index contributed by atoms with van der Waals surface area (Å²) in [6, 6.07) is -0.0617. The quantitative estimate of drug-likeness (QED) is 0.788. The van der Waals surface area contributed by atoms with Crippen molar-refractivity contribution in [1.29, 1.82) is 0 Å². The Hall–Kier alpha value is -1.30. The molecule has 0 aromatic rings. The van der Waals surface area contributed by atoms with E-state index in [0.717, 1.165) is 0 Å². The van der Waals surface area contributed by atoms with E-state index in [2.05, 4.69) is 5.32 Å². The summed E-state index contributed by atoms with van der Waals surface area (Å²) in [6.45, 7) is 5.35. The Morgan fingerprint density at radius 3 is 2.53 bits per heavy atom. The third-order valence-electron chi connectivity index (χ3n) is 4.03. The number of nitrogens with zero attached hydrogens (tertiary/aromatic N) is 1. The Morgan fingerprint density at radius 2 is 2.05 bits per heavy atom. The summed E-state index contributed by atoms with van der Waals surface area (Å²) in [5, 5.41) is 12.7. The first-order valence-corrected chi connectivity index (χ1v) is 6.64. The van der Waals surface area contributed by atoms with Crippen LogP contribution in [0, 0.1) is 0 Å². The molecule has 0 saturated carbocycles. The van der Waals surface area contributed by atoms with Crippen LogP contribution in [0.3, 0.4) is 0 Å². The molecule has 0 radical (unpaired) electrons. The molecule has 1 amide bonds. The molecule has 6 nitrogen and oxygen atoms in total. The minimum Gasteiger partial charge on any atom is -0.479 e. The Bertz CT molecular complexity index is 404. The maximum absolute atomic E-state index is 12.3. The lowest BCUT2D eigenvalue weighted by Gasteiger charge is -2.32. The Kier molecular flexibility index (Phi) is 3.24. The van der Waals surface area contributed by atoms with Crippen LogP contribution in [-0.2, 0) is 9.53 Å². The molecular weight excluding hydrogens is 248 g/mol. The van der Waals surface area contributed by atoms with Crippen LogP contribution in [0.15, 0.2) is 0 Å². The van der Waals surface area contributed by atoms with E-state index in [4.69, 9.17) is 4.74 Å². The van der Waals surface area contributed by atoms with Gasteiger partial charge in [-0.1, -0.05) is 0 Å². The van der Waals surface area contributed by atoms with Crippen molar-refractivity contribution in [1.82, 2.24) is 10.2 Å². The highest BCUT2D eigenvalue weighted by molar-refractivity contribution is 5.87. The number of carbonyl (C=O) groups excluding carboxylic acids is 1. The molecule has 0 aliphatic carbocycles. The van der Waals surface area contributed by atoms with Gasteiger partial charge in [-0.2, -0.15) is 0 Å². The van der Waals surface area contributed by atoms with Crippen molar-refractivity contribution in [3.8, 4) is 0 Å². The number of hydrogen-bond acceptors (Lipinski definition) is 4. The first kappa shape index (κ1) is 14.1. The molecule has 0 spiro atoms. The van der Waals surface area contributed by atoms with E-state index in [1.165, 1.54) is 4.90 Å². The van der Waals surface area contributed by atoms with Crippen molar-refractivity contribution in [2.24, 2.45) is 0 Å². The zero-order valence-electron chi connectivity index (χ0n) is 11.9. The number of aliphatic carboxylic acids is 1. The van der Waals surface area contributed by atoms with Crippen LogP contribution in [0.2, 0.25) is 0 Å². The van der Waals surface area contributed by atoms with Crippen LogP contribution >= 0.6 is 0 Å². The fourth-order valence-corrected chi connectivity index (χ4v) is 3.25. The molecule has 2 bridgehead atoms. The van der Waals surface area contributed by atoms with Crippen molar-refractivity contribution in [2.75, 3.05) is 7.05 Å². The number of ether oxygens (including phenoxy) is 1.